The van der Waals surface area contributed by atoms with E-state index in [1.807, 2.05) is 50.2 Å². The molecule has 1 amide bonds. The van der Waals surface area contributed by atoms with Crippen LogP contribution in [0.15, 0.2) is 40.4 Å². The SMILES string of the molecule is Cc1cc(/C=C(\C#N)C(=O)Nc2sc3c(c2C#N)CCCC3)c(C)n1-c1ccccc1Br. The Morgan fingerprint density at radius 1 is 1.22 bits per heavy atom. The molecule has 0 spiro atoms. The van der Waals surface area contributed by atoms with Crippen LogP contribution in [0.25, 0.3) is 11.8 Å². The highest BCUT2D eigenvalue weighted by molar-refractivity contribution is 9.10. The second-order valence-electron chi connectivity index (χ2n) is 7.76. The number of rotatable bonds is 4. The van der Waals surface area contributed by atoms with Crippen LogP contribution in [-0.4, -0.2) is 10.5 Å². The lowest BCUT2D eigenvalue weighted by Crippen LogP contribution is -2.13. The number of carbonyl (C=O) groups is 1. The minimum absolute atomic E-state index is 0.00707. The number of nitrogens with zero attached hydrogens (tertiary/aromatic N) is 3. The number of carbonyl (C=O) groups excluding carboxylic acids is 1. The van der Waals surface area contributed by atoms with Gasteiger partial charge in [-0.2, -0.15) is 10.5 Å². The molecule has 0 saturated carbocycles. The van der Waals surface area contributed by atoms with Gasteiger partial charge in [0.05, 0.1) is 11.3 Å². The lowest BCUT2D eigenvalue weighted by atomic mass is 9.96. The number of aryl methyl sites for hydroxylation is 2. The quantitative estimate of drug-likeness (QED) is 0.338. The molecule has 0 unspecified atom stereocenters. The van der Waals surface area contributed by atoms with E-state index < -0.39 is 5.91 Å². The lowest BCUT2D eigenvalue weighted by Gasteiger charge is -2.11. The molecule has 2 aromatic heterocycles. The van der Waals surface area contributed by atoms with Crippen molar-refractivity contribution in [3.05, 3.63) is 73.3 Å². The van der Waals surface area contributed by atoms with Crippen LogP contribution in [0.2, 0.25) is 0 Å². The van der Waals surface area contributed by atoms with Crippen molar-refractivity contribution >= 4 is 44.3 Å². The van der Waals surface area contributed by atoms with Crippen molar-refractivity contribution < 1.29 is 4.79 Å². The number of hydrogen-bond donors (Lipinski definition) is 1. The molecule has 0 bridgehead atoms. The maximum absolute atomic E-state index is 12.9. The number of aromatic nitrogens is 1. The number of halogens is 1. The van der Waals surface area contributed by atoms with Crippen LogP contribution in [0.1, 0.15) is 45.8 Å². The summed E-state index contributed by atoms with van der Waals surface area (Å²) < 4.78 is 3.05. The number of benzene rings is 1. The van der Waals surface area contributed by atoms with E-state index in [9.17, 15) is 15.3 Å². The normalized spacial score (nSPS) is 13.2. The van der Waals surface area contributed by atoms with Gasteiger partial charge in [-0.05, 0) is 90.9 Å². The van der Waals surface area contributed by atoms with Crippen molar-refractivity contribution in [1.82, 2.24) is 4.57 Å². The Labute approximate surface area is 199 Å². The third-order valence-electron chi connectivity index (χ3n) is 5.74. The van der Waals surface area contributed by atoms with E-state index in [0.717, 1.165) is 58.4 Å². The number of fused-ring (bicyclic) bond motifs is 1. The minimum atomic E-state index is -0.492. The Kier molecular flexibility index (Phi) is 6.32. The topological polar surface area (TPSA) is 81.6 Å². The molecule has 32 heavy (non-hydrogen) atoms. The van der Waals surface area contributed by atoms with Crippen molar-refractivity contribution in [2.75, 3.05) is 5.32 Å². The number of anilines is 1. The molecule has 1 N–H and O–H groups in total. The Hall–Kier alpha value is -3.13. The summed E-state index contributed by atoms with van der Waals surface area (Å²) in [5, 5.41) is 22.7. The molecule has 4 rings (SSSR count). The maximum Gasteiger partial charge on any atom is 0.266 e. The number of para-hydroxylation sites is 1. The third kappa shape index (κ3) is 4.02. The summed E-state index contributed by atoms with van der Waals surface area (Å²) in [6.45, 7) is 3.96. The monoisotopic (exact) mass is 504 g/mol. The van der Waals surface area contributed by atoms with Gasteiger partial charge in [0.1, 0.15) is 22.7 Å². The van der Waals surface area contributed by atoms with Crippen molar-refractivity contribution in [2.45, 2.75) is 39.5 Å². The van der Waals surface area contributed by atoms with Gasteiger partial charge in [-0.1, -0.05) is 12.1 Å². The number of nitriles is 2. The predicted octanol–water partition coefficient (Wildman–Crippen LogP) is 6.21. The predicted molar refractivity (Wildman–Crippen MR) is 131 cm³/mol. The highest BCUT2D eigenvalue weighted by Crippen LogP contribution is 2.38. The first-order chi connectivity index (χ1) is 15.4. The van der Waals surface area contributed by atoms with E-state index in [2.05, 4.69) is 31.9 Å². The molecule has 160 valence electrons. The molecular formula is C25H21BrN4OS. The summed E-state index contributed by atoms with van der Waals surface area (Å²) >= 11 is 5.05. The Morgan fingerprint density at radius 3 is 2.69 bits per heavy atom. The fraction of sp³-hybridized carbons (Fsp3) is 0.240. The number of hydrogen-bond acceptors (Lipinski definition) is 4. The Balaban J connectivity index is 1.66. The standard InChI is InChI=1S/C25H21BrN4OS/c1-15-11-17(16(2)30(15)22-9-5-4-8-21(22)26)12-18(13-27)24(31)29-25-20(14-28)19-7-3-6-10-23(19)32-25/h4-5,8-9,11-12H,3,6-7,10H2,1-2H3,(H,29,31)/b18-12+. The van der Waals surface area contributed by atoms with E-state index in [4.69, 9.17) is 0 Å². The Morgan fingerprint density at radius 2 is 1.97 bits per heavy atom. The second-order valence-corrected chi connectivity index (χ2v) is 9.72. The van der Waals surface area contributed by atoms with Crippen LogP contribution in [-0.2, 0) is 17.6 Å². The molecule has 7 heteroatoms. The first-order valence-electron chi connectivity index (χ1n) is 10.4. The Bertz CT molecular complexity index is 1330. The second kappa shape index (κ2) is 9.16. The van der Waals surface area contributed by atoms with Crippen molar-refractivity contribution in [1.29, 1.82) is 10.5 Å². The molecular weight excluding hydrogens is 484 g/mol. The van der Waals surface area contributed by atoms with Gasteiger partial charge < -0.3 is 9.88 Å². The highest BCUT2D eigenvalue weighted by atomic mass is 79.9. The zero-order valence-electron chi connectivity index (χ0n) is 17.8. The van der Waals surface area contributed by atoms with Crippen LogP contribution in [0.3, 0.4) is 0 Å². The van der Waals surface area contributed by atoms with Gasteiger partial charge in [0.15, 0.2) is 0 Å². The van der Waals surface area contributed by atoms with Gasteiger partial charge in [-0.3, -0.25) is 4.79 Å². The van der Waals surface area contributed by atoms with E-state index in [1.54, 1.807) is 6.08 Å². The van der Waals surface area contributed by atoms with Crippen LogP contribution in [0, 0.1) is 36.5 Å². The summed E-state index contributed by atoms with van der Waals surface area (Å²) in [6, 6.07) is 14.2. The number of amides is 1. The first-order valence-corrected chi connectivity index (χ1v) is 12.0. The fourth-order valence-electron chi connectivity index (χ4n) is 4.18. The van der Waals surface area contributed by atoms with Gasteiger partial charge in [-0.15, -0.1) is 11.3 Å². The van der Waals surface area contributed by atoms with E-state index in [1.165, 1.54) is 16.2 Å². The largest absolute Gasteiger partial charge is 0.317 e. The fourth-order valence-corrected chi connectivity index (χ4v) is 5.88. The maximum atomic E-state index is 12.9. The van der Waals surface area contributed by atoms with E-state index in [0.29, 0.717) is 10.6 Å². The number of nitrogens with one attached hydrogen (secondary N) is 1. The molecule has 1 aliphatic rings. The smallest absolute Gasteiger partial charge is 0.266 e. The van der Waals surface area contributed by atoms with Crippen molar-refractivity contribution in [2.24, 2.45) is 0 Å². The van der Waals surface area contributed by atoms with Crippen molar-refractivity contribution in [3.63, 3.8) is 0 Å². The van der Waals surface area contributed by atoms with E-state index in [-0.39, 0.29) is 5.57 Å². The molecule has 2 heterocycles. The van der Waals surface area contributed by atoms with Gasteiger partial charge in [0, 0.05) is 20.7 Å². The van der Waals surface area contributed by atoms with Crippen molar-refractivity contribution in [3.8, 4) is 17.8 Å². The van der Waals surface area contributed by atoms with Gasteiger partial charge in [-0.25, -0.2) is 0 Å². The molecule has 0 radical (unpaired) electrons. The van der Waals surface area contributed by atoms with Crippen LogP contribution in [0.5, 0.6) is 0 Å². The summed E-state index contributed by atoms with van der Waals surface area (Å²) in [6.07, 6.45) is 5.58. The number of thiophene rings is 1. The summed E-state index contributed by atoms with van der Waals surface area (Å²) in [5.74, 6) is -0.492. The summed E-state index contributed by atoms with van der Waals surface area (Å²) in [4.78, 5) is 14.1. The molecule has 5 nitrogen and oxygen atoms in total. The van der Waals surface area contributed by atoms with Gasteiger partial charge in [0.25, 0.3) is 5.91 Å². The van der Waals surface area contributed by atoms with Gasteiger partial charge in [0.2, 0.25) is 0 Å². The zero-order chi connectivity index (χ0) is 22.8. The van der Waals surface area contributed by atoms with Crippen LogP contribution >= 0.6 is 27.3 Å². The first kappa shape index (κ1) is 22.1. The highest BCUT2D eigenvalue weighted by Gasteiger charge is 2.23. The average Bonchev–Trinajstić information content (AvgIpc) is 3.27. The van der Waals surface area contributed by atoms with Gasteiger partial charge >= 0.3 is 0 Å². The summed E-state index contributed by atoms with van der Waals surface area (Å²) in [5.41, 5.74) is 5.33. The minimum Gasteiger partial charge on any atom is -0.317 e. The third-order valence-corrected chi connectivity index (χ3v) is 7.62. The molecule has 0 fully saturated rings. The van der Waals surface area contributed by atoms with Crippen LogP contribution < -0.4 is 5.32 Å². The molecule has 1 aliphatic carbocycles. The molecule has 0 aliphatic heterocycles. The van der Waals surface area contributed by atoms with Crippen LogP contribution in [0.4, 0.5) is 5.00 Å². The molecule has 0 saturated heterocycles. The summed E-state index contributed by atoms with van der Waals surface area (Å²) in [7, 11) is 0. The molecule has 0 atom stereocenters. The molecule has 1 aromatic carbocycles. The average molecular weight is 505 g/mol. The molecule has 3 aromatic rings. The lowest BCUT2D eigenvalue weighted by molar-refractivity contribution is -0.112. The van der Waals surface area contributed by atoms with E-state index >= 15 is 0 Å². The zero-order valence-corrected chi connectivity index (χ0v) is 20.2.